The number of nitrogens with one attached hydrogen (secondary N) is 1. The van der Waals surface area contributed by atoms with Crippen molar-refractivity contribution in [3.05, 3.63) is 59.2 Å². The lowest BCUT2D eigenvalue weighted by atomic mass is 9.89. The van der Waals surface area contributed by atoms with Crippen molar-refractivity contribution in [2.24, 2.45) is 0 Å². The highest BCUT2D eigenvalue weighted by molar-refractivity contribution is 5.35. The van der Waals surface area contributed by atoms with Gasteiger partial charge in [0, 0.05) is 30.5 Å². The van der Waals surface area contributed by atoms with Crippen LogP contribution in [-0.2, 0) is 19.4 Å². The van der Waals surface area contributed by atoms with Crippen LogP contribution in [0.25, 0.3) is 0 Å². The van der Waals surface area contributed by atoms with Gasteiger partial charge in [0.1, 0.15) is 6.33 Å². The highest BCUT2D eigenvalue weighted by Crippen LogP contribution is 2.24. The van der Waals surface area contributed by atoms with E-state index in [0.29, 0.717) is 6.04 Å². The Morgan fingerprint density at radius 2 is 1.85 bits per heavy atom. The van der Waals surface area contributed by atoms with Crippen LogP contribution < -0.4 is 5.32 Å². The van der Waals surface area contributed by atoms with Gasteiger partial charge >= 0.3 is 0 Å². The Hall–Kier alpha value is -1.74. The molecule has 3 rings (SSSR count). The predicted molar refractivity (Wildman–Crippen MR) is 80.4 cm³/mol. The van der Waals surface area contributed by atoms with E-state index in [4.69, 9.17) is 0 Å². The van der Waals surface area contributed by atoms with Gasteiger partial charge in [0.2, 0.25) is 0 Å². The molecule has 1 heterocycles. The van der Waals surface area contributed by atoms with Crippen molar-refractivity contribution in [2.45, 2.75) is 45.2 Å². The zero-order valence-electron chi connectivity index (χ0n) is 12.0. The van der Waals surface area contributed by atoms with E-state index < -0.39 is 0 Å². The molecule has 0 radical (unpaired) electrons. The van der Waals surface area contributed by atoms with E-state index in [-0.39, 0.29) is 0 Å². The fourth-order valence-electron chi connectivity index (χ4n) is 2.83. The maximum Gasteiger partial charge on any atom is 0.115 e. The first-order valence-corrected chi connectivity index (χ1v) is 7.42. The van der Waals surface area contributed by atoms with E-state index in [1.807, 2.05) is 12.4 Å². The van der Waals surface area contributed by atoms with Crippen LogP contribution in [0.4, 0.5) is 0 Å². The largest absolute Gasteiger partial charge is 0.306 e. The summed E-state index contributed by atoms with van der Waals surface area (Å²) in [6.45, 7) is 3.02. The monoisotopic (exact) mass is 267 g/mol. The molecule has 20 heavy (non-hydrogen) atoms. The number of fused-ring (bicyclic) bond motifs is 1. The molecule has 3 nitrogen and oxygen atoms in total. The highest BCUT2D eigenvalue weighted by atomic mass is 14.9. The van der Waals surface area contributed by atoms with Crippen molar-refractivity contribution in [3.8, 4) is 0 Å². The van der Waals surface area contributed by atoms with Crippen LogP contribution in [0.15, 0.2) is 36.9 Å². The van der Waals surface area contributed by atoms with Gasteiger partial charge in [-0.05, 0) is 49.3 Å². The summed E-state index contributed by atoms with van der Waals surface area (Å²) < 4.78 is 0. The van der Waals surface area contributed by atoms with Gasteiger partial charge in [-0.1, -0.05) is 18.2 Å². The molecule has 0 amide bonds. The molecular formula is C17H21N3. The summed E-state index contributed by atoms with van der Waals surface area (Å²) in [6, 6.07) is 7.31. The molecule has 2 aromatic rings. The average molecular weight is 267 g/mol. The minimum absolute atomic E-state index is 0.349. The van der Waals surface area contributed by atoms with Gasteiger partial charge in [-0.2, -0.15) is 0 Å². The molecule has 1 aromatic carbocycles. The molecule has 1 atom stereocenters. The third-order valence-electron chi connectivity index (χ3n) is 4.10. The lowest BCUT2D eigenvalue weighted by Crippen LogP contribution is -2.19. The van der Waals surface area contributed by atoms with E-state index in [1.165, 1.54) is 31.2 Å². The van der Waals surface area contributed by atoms with E-state index >= 15 is 0 Å². The highest BCUT2D eigenvalue weighted by Gasteiger charge is 2.12. The number of rotatable bonds is 4. The van der Waals surface area contributed by atoms with Gasteiger partial charge in [-0.3, -0.25) is 0 Å². The van der Waals surface area contributed by atoms with Crippen molar-refractivity contribution >= 4 is 0 Å². The maximum absolute atomic E-state index is 4.04. The normalized spacial score (nSPS) is 15.7. The minimum Gasteiger partial charge on any atom is -0.306 e. The fourth-order valence-corrected chi connectivity index (χ4v) is 2.83. The van der Waals surface area contributed by atoms with Gasteiger partial charge in [0.25, 0.3) is 0 Å². The summed E-state index contributed by atoms with van der Waals surface area (Å²) in [5.74, 6) is 0. The number of hydrogen-bond acceptors (Lipinski definition) is 3. The third-order valence-corrected chi connectivity index (χ3v) is 4.10. The standard InChI is InChI=1S/C17H21N3/c1-13(20-11-14-9-18-12-19-10-14)16-7-6-15-4-2-3-5-17(15)8-16/h6-10,12-13,20H,2-5,11H2,1H3. The van der Waals surface area contributed by atoms with Crippen LogP contribution in [-0.4, -0.2) is 9.97 Å². The molecule has 104 valence electrons. The topological polar surface area (TPSA) is 37.8 Å². The molecule has 0 saturated carbocycles. The molecule has 0 spiro atoms. The minimum atomic E-state index is 0.349. The molecule has 3 heteroatoms. The Morgan fingerprint density at radius 1 is 1.10 bits per heavy atom. The second-order valence-electron chi connectivity index (χ2n) is 5.58. The third kappa shape index (κ3) is 3.05. The summed E-state index contributed by atoms with van der Waals surface area (Å²) >= 11 is 0. The van der Waals surface area contributed by atoms with Crippen LogP contribution in [0.5, 0.6) is 0 Å². The van der Waals surface area contributed by atoms with Crippen LogP contribution in [0.1, 0.15) is 48.1 Å². The van der Waals surface area contributed by atoms with Crippen molar-refractivity contribution in [1.82, 2.24) is 15.3 Å². The molecule has 0 aliphatic heterocycles. The molecular weight excluding hydrogens is 246 g/mol. The maximum atomic E-state index is 4.04. The van der Waals surface area contributed by atoms with Crippen LogP contribution in [0.3, 0.4) is 0 Å². The summed E-state index contributed by atoms with van der Waals surface area (Å²) in [5.41, 5.74) is 5.59. The van der Waals surface area contributed by atoms with E-state index in [9.17, 15) is 0 Å². The van der Waals surface area contributed by atoms with Gasteiger partial charge in [0.05, 0.1) is 0 Å². The summed E-state index contributed by atoms with van der Waals surface area (Å²) in [7, 11) is 0. The Bertz CT molecular complexity index is 566. The first-order valence-electron chi connectivity index (χ1n) is 7.42. The van der Waals surface area contributed by atoms with Gasteiger partial charge in [0.15, 0.2) is 0 Å². The Morgan fingerprint density at radius 3 is 2.65 bits per heavy atom. The van der Waals surface area contributed by atoms with Crippen LogP contribution >= 0.6 is 0 Å². The van der Waals surface area contributed by atoms with Gasteiger partial charge < -0.3 is 5.32 Å². The SMILES string of the molecule is CC(NCc1cncnc1)c1ccc2c(c1)CCCC2. The smallest absolute Gasteiger partial charge is 0.115 e. The van der Waals surface area contributed by atoms with Crippen molar-refractivity contribution < 1.29 is 0 Å². The second kappa shape index (κ2) is 6.14. The average Bonchev–Trinajstić information content (AvgIpc) is 2.53. The zero-order chi connectivity index (χ0) is 13.8. The van der Waals surface area contributed by atoms with Crippen LogP contribution in [0, 0.1) is 0 Å². The van der Waals surface area contributed by atoms with Crippen molar-refractivity contribution in [2.75, 3.05) is 0 Å². The van der Waals surface area contributed by atoms with E-state index in [1.54, 1.807) is 17.5 Å². The molecule has 0 fully saturated rings. The Labute approximate surface area is 120 Å². The predicted octanol–water partition coefficient (Wildman–Crippen LogP) is 3.21. The quantitative estimate of drug-likeness (QED) is 0.924. The first kappa shape index (κ1) is 13.3. The first-order chi connectivity index (χ1) is 9.83. The van der Waals surface area contributed by atoms with Crippen molar-refractivity contribution in [1.29, 1.82) is 0 Å². The fraction of sp³-hybridized carbons (Fsp3) is 0.412. The lowest BCUT2D eigenvalue weighted by molar-refractivity contribution is 0.570. The van der Waals surface area contributed by atoms with E-state index in [0.717, 1.165) is 12.1 Å². The number of benzene rings is 1. The summed E-state index contributed by atoms with van der Waals surface area (Å²) in [5, 5.41) is 3.54. The van der Waals surface area contributed by atoms with Crippen LogP contribution in [0.2, 0.25) is 0 Å². The molecule has 1 N–H and O–H groups in total. The number of nitrogens with zero attached hydrogens (tertiary/aromatic N) is 2. The Balaban J connectivity index is 1.66. The molecule has 1 aliphatic carbocycles. The molecule has 1 aliphatic rings. The molecule has 1 aromatic heterocycles. The van der Waals surface area contributed by atoms with E-state index in [2.05, 4.69) is 40.4 Å². The zero-order valence-corrected chi connectivity index (χ0v) is 12.0. The van der Waals surface area contributed by atoms with Gasteiger partial charge in [-0.25, -0.2) is 9.97 Å². The molecule has 0 saturated heterocycles. The second-order valence-corrected chi connectivity index (χ2v) is 5.58. The summed E-state index contributed by atoms with van der Waals surface area (Å²) in [6.07, 6.45) is 10.4. The lowest BCUT2D eigenvalue weighted by Gasteiger charge is -2.20. The number of aryl methyl sites for hydroxylation is 2. The molecule has 0 bridgehead atoms. The Kier molecular flexibility index (Phi) is 4.07. The van der Waals surface area contributed by atoms with Gasteiger partial charge in [-0.15, -0.1) is 0 Å². The number of aromatic nitrogens is 2. The summed E-state index contributed by atoms with van der Waals surface area (Å²) in [4.78, 5) is 8.08. The number of hydrogen-bond donors (Lipinski definition) is 1. The molecule has 1 unspecified atom stereocenters. The van der Waals surface area contributed by atoms with Crippen molar-refractivity contribution in [3.63, 3.8) is 0 Å².